The molecule has 22 heavy (non-hydrogen) atoms. The van der Waals surface area contributed by atoms with Gasteiger partial charge in [0.2, 0.25) is 0 Å². The van der Waals surface area contributed by atoms with Crippen LogP contribution in [0.2, 0.25) is 0 Å². The van der Waals surface area contributed by atoms with E-state index in [1.807, 2.05) is 0 Å². The van der Waals surface area contributed by atoms with Crippen LogP contribution < -0.4 is 15.6 Å². The van der Waals surface area contributed by atoms with E-state index in [1.165, 1.54) is 18.2 Å². The molecule has 2 amide bonds. The molecule has 0 aliphatic heterocycles. The number of rotatable bonds is 4. The lowest BCUT2D eigenvalue weighted by Crippen LogP contribution is -2.43. The topological polar surface area (TPSA) is 67.4 Å². The Morgan fingerprint density at radius 3 is 2.50 bits per heavy atom. The van der Waals surface area contributed by atoms with Crippen molar-refractivity contribution in [3.8, 4) is 5.75 Å². The van der Waals surface area contributed by atoms with E-state index >= 15 is 0 Å². The minimum absolute atomic E-state index is 0.231. The summed E-state index contributed by atoms with van der Waals surface area (Å²) >= 11 is 3.26. The van der Waals surface area contributed by atoms with Crippen molar-refractivity contribution in [1.82, 2.24) is 10.9 Å². The highest BCUT2D eigenvalue weighted by atomic mass is 79.9. The highest BCUT2D eigenvalue weighted by Gasteiger charge is 2.08. The second kappa shape index (κ2) is 7.56. The Bertz CT molecular complexity index is 677. The van der Waals surface area contributed by atoms with Gasteiger partial charge in [-0.15, -0.1) is 0 Å². The van der Waals surface area contributed by atoms with Crippen molar-refractivity contribution in [3.63, 3.8) is 0 Å². The van der Waals surface area contributed by atoms with Crippen LogP contribution in [0, 0.1) is 5.82 Å². The average molecular weight is 367 g/mol. The maximum atomic E-state index is 12.9. The summed E-state index contributed by atoms with van der Waals surface area (Å²) in [5.74, 6) is -1.24. The van der Waals surface area contributed by atoms with Gasteiger partial charge in [-0.3, -0.25) is 20.4 Å². The number of hydrogen-bond donors (Lipinski definition) is 2. The van der Waals surface area contributed by atoms with Gasteiger partial charge in [0.1, 0.15) is 11.6 Å². The van der Waals surface area contributed by atoms with E-state index in [2.05, 4.69) is 26.8 Å². The minimum atomic E-state index is -0.560. The first kappa shape index (κ1) is 16.0. The van der Waals surface area contributed by atoms with Crippen molar-refractivity contribution in [2.45, 2.75) is 0 Å². The van der Waals surface area contributed by atoms with E-state index in [-0.39, 0.29) is 12.4 Å². The molecule has 0 atom stereocenters. The molecule has 2 N–H and O–H groups in total. The molecule has 0 aromatic heterocycles. The maximum Gasteiger partial charge on any atom is 0.276 e. The van der Waals surface area contributed by atoms with E-state index in [9.17, 15) is 14.0 Å². The lowest BCUT2D eigenvalue weighted by molar-refractivity contribution is -0.123. The number of halogens is 2. The Kier molecular flexibility index (Phi) is 5.48. The molecule has 5 nitrogen and oxygen atoms in total. The molecule has 0 aliphatic carbocycles. The van der Waals surface area contributed by atoms with Crippen LogP contribution in [0.5, 0.6) is 5.75 Å². The third kappa shape index (κ3) is 4.85. The molecule has 0 spiro atoms. The van der Waals surface area contributed by atoms with Crippen LogP contribution in [0.4, 0.5) is 4.39 Å². The molecular formula is C15H12BrFN2O3. The van der Waals surface area contributed by atoms with Gasteiger partial charge in [-0.1, -0.05) is 22.0 Å². The summed E-state index contributed by atoms with van der Waals surface area (Å²) in [6.45, 7) is -0.343. The molecule has 2 rings (SSSR count). The standard InChI is InChI=1S/C15H12BrFN2O3/c16-11-6-4-10(5-7-11)15(21)19-18-14(20)9-22-13-3-1-2-12(17)8-13/h1-8H,9H2,(H,18,20)(H,19,21). The Labute approximate surface area is 134 Å². The third-order valence-electron chi connectivity index (χ3n) is 2.59. The molecule has 0 saturated carbocycles. The second-order valence-electron chi connectivity index (χ2n) is 4.26. The lowest BCUT2D eigenvalue weighted by atomic mass is 10.2. The van der Waals surface area contributed by atoms with Crippen molar-refractivity contribution < 1.29 is 18.7 Å². The van der Waals surface area contributed by atoms with E-state index in [0.29, 0.717) is 5.56 Å². The van der Waals surface area contributed by atoms with E-state index in [4.69, 9.17) is 4.74 Å². The first-order valence-corrected chi connectivity index (χ1v) is 7.07. The molecule has 0 fully saturated rings. The van der Waals surface area contributed by atoms with Crippen molar-refractivity contribution in [1.29, 1.82) is 0 Å². The molecule has 7 heteroatoms. The number of carbonyl (C=O) groups is 2. The predicted molar refractivity (Wildman–Crippen MR) is 81.6 cm³/mol. The molecule has 0 aliphatic rings. The van der Waals surface area contributed by atoms with Crippen molar-refractivity contribution in [3.05, 3.63) is 64.4 Å². The molecule has 0 saturated heterocycles. The van der Waals surface area contributed by atoms with Crippen molar-refractivity contribution >= 4 is 27.7 Å². The Morgan fingerprint density at radius 2 is 1.82 bits per heavy atom. The van der Waals surface area contributed by atoms with Gasteiger partial charge in [0.05, 0.1) is 0 Å². The van der Waals surface area contributed by atoms with Crippen molar-refractivity contribution in [2.24, 2.45) is 0 Å². The quantitative estimate of drug-likeness (QED) is 0.816. The summed E-state index contributed by atoms with van der Waals surface area (Å²) in [5, 5.41) is 0. The summed E-state index contributed by atoms with van der Waals surface area (Å²) in [6, 6.07) is 12.1. The zero-order valence-corrected chi connectivity index (χ0v) is 12.9. The van der Waals surface area contributed by atoms with Crippen LogP contribution in [0.15, 0.2) is 53.0 Å². The Balaban J connectivity index is 1.78. The summed E-state index contributed by atoms with van der Waals surface area (Å²) in [6.07, 6.45) is 0. The van der Waals surface area contributed by atoms with Crippen LogP contribution in [-0.2, 0) is 4.79 Å². The summed E-state index contributed by atoms with van der Waals surface area (Å²) in [4.78, 5) is 23.3. The van der Waals surface area contributed by atoms with Crippen LogP contribution in [0.25, 0.3) is 0 Å². The Hall–Kier alpha value is -2.41. The zero-order valence-electron chi connectivity index (χ0n) is 11.3. The average Bonchev–Trinajstić information content (AvgIpc) is 2.51. The molecule has 2 aromatic rings. The fraction of sp³-hybridized carbons (Fsp3) is 0.0667. The van der Waals surface area contributed by atoms with E-state index < -0.39 is 17.6 Å². The largest absolute Gasteiger partial charge is 0.484 e. The van der Waals surface area contributed by atoms with Gasteiger partial charge in [-0.2, -0.15) is 0 Å². The smallest absolute Gasteiger partial charge is 0.276 e. The van der Waals surface area contributed by atoms with Crippen molar-refractivity contribution in [2.75, 3.05) is 6.61 Å². The highest BCUT2D eigenvalue weighted by Crippen LogP contribution is 2.11. The fourth-order valence-corrected chi connectivity index (χ4v) is 1.81. The van der Waals surface area contributed by atoms with Crippen LogP contribution in [0.1, 0.15) is 10.4 Å². The number of amides is 2. The van der Waals surface area contributed by atoms with Crippen LogP contribution in [0.3, 0.4) is 0 Å². The summed E-state index contributed by atoms with van der Waals surface area (Å²) in [5.41, 5.74) is 4.87. The molecule has 0 heterocycles. The SMILES string of the molecule is O=C(COc1cccc(F)c1)NNC(=O)c1ccc(Br)cc1. The summed E-state index contributed by atoms with van der Waals surface area (Å²) < 4.78 is 18.9. The van der Waals surface area contributed by atoms with Gasteiger partial charge in [0.15, 0.2) is 6.61 Å². The fourth-order valence-electron chi connectivity index (χ4n) is 1.54. The first-order chi connectivity index (χ1) is 10.5. The summed E-state index contributed by atoms with van der Waals surface area (Å²) in [7, 11) is 0. The zero-order chi connectivity index (χ0) is 15.9. The highest BCUT2D eigenvalue weighted by molar-refractivity contribution is 9.10. The van der Waals surface area contributed by atoms with Gasteiger partial charge in [-0.25, -0.2) is 4.39 Å². The lowest BCUT2D eigenvalue weighted by Gasteiger charge is -2.09. The maximum absolute atomic E-state index is 12.9. The molecule has 2 aromatic carbocycles. The number of nitrogens with one attached hydrogen (secondary N) is 2. The monoisotopic (exact) mass is 366 g/mol. The Morgan fingerprint density at radius 1 is 1.09 bits per heavy atom. The first-order valence-electron chi connectivity index (χ1n) is 6.28. The third-order valence-corrected chi connectivity index (χ3v) is 3.12. The van der Waals surface area contributed by atoms with Gasteiger partial charge < -0.3 is 4.74 Å². The number of hydrogen-bond acceptors (Lipinski definition) is 3. The second-order valence-corrected chi connectivity index (χ2v) is 5.17. The molecular weight excluding hydrogens is 355 g/mol. The minimum Gasteiger partial charge on any atom is -0.484 e. The van der Waals surface area contributed by atoms with Gasteiger partial charge in [0.25, 0.3) is 11.8 Å². The molecule has 0 bridgehead atoms. The van der Waals surface area contributed by atoms with Crippen LogP contribution >= 0.6 is 15.9 Å². The molecule has 0 unspecified atom stereocenters. The van der Waals surface area contributed by atoms with Gasteiger partial charge in [0, 0.05) is 16.1 Å². The van der Waals surface area contributed by atoms with Crippen LogP contribution in [-0.4, -0.2) is 18.4 Å². The number of carbonyl (C=O) groups excluding carboxylic acids is 2. The van der Waals surface area contributed by atoms with E-state index in [1.54, 1.807) is 24.3 Å². The number of benzene rings is 2. The number of ether oxygens (including phenoxy) is 1. The predicted octanol–water partition coefficient (Wildman–Crippen LogP) is 2.43. The van der Waals surface area contributed by atoms with Gasteiger partial charge >= 0.3 is 0 Å². The number of hydrazine groups is 1. The molecule has 114 valence electrons. The normalized spacial score (nSPS) is 9.91. The molecule has 0 radical (unpaired) electrons. The van der Waals surface area contributed by atoms with E-state index in [0.717, 1.165) is 10.5 Å². The van der Waals surface area contributed by atoms with Gasteiger partial charge in [-0.05, 0) is 36.4 Å².